The highest BCUT2D eigenvalue weighted by atomic mass is 79.9. The second kappa shape index (κ2) is 5.12. The average Bonchev–Trinajstić information content (AvgIpc) is 2.19. The Morgan fingerprint density at radius 1 is 1.62 bits per heavy atom. The van der Waals surface area contributed by atoms with Crippen molar-refractivity contribution < 1.29 is 9.18 Å². The van der Waals surface area contributed by atoms with Crippen LogP contribution in [0.4, 0.5) is 10.1 Å². The second-order valence-corrected chi connectivity index (χ2v) is 4.52. The van der Waals surface area contributed by atoms with Gasteiger partial charge in [0.25, 0.3) is 5.91 Å². The van der Waals surface area contributed by atoms with Crippen LogP contribution in [0.5, 0.6) is 0 Å². The Labute approximate surface area is 102 Å². The first-order chi connectivity index (χ1) is 7.41. The number of nitrogens with one attached hydrogen (secondary N) is 1. The Morgan fingerprint density at radius 2 is 2.25 bits per heavy atom. The van der Waals surface area contributed by atoms with Crippen LogP contribution in [0.1, 0.15) is 15.9 Å². The van der Waals surface area contributed by atoms with Gasteiger partial charge < -0.3 is 11.1 Å². The summed E-state index contributed by atoms with van der Waals surface area (Å²) >= 11 is 3.10. The number of carbonyl (C=O) groups excluding carboxylic acids is 1. The Morgan fingerprint density at radius 3 is 2.81 bits per heavy atom. The molecule has 86 valence electrons. The van der Waals surface area contributed by atoms with Crippen LogP contribution >= 0.6 is 15.9 Å². The number of carbonyl (C=O) groups is 1. The molecule has 16 heavy (non-hydrogen) atoms. The van der Waals surface area contributed by atoms with Crippen molar-refractivity contribution in [2.24, 2.45) is 0 Å². The highest BCUT2D eigenvalue weighted by Gasteiger charge is 2.14. The summed E-state index contributed by atoms with van der Waals surface area (Å²) in [5.74, 6) is -1.06. The zero-order chi connectivity index (χ0) is 12.3. The van der Waals surface area contributed by atoms with Gasteiger partial charge in [0.2, 0.25) is 0 Å². The third kappa shape index (κ3) is 3.06. The van der Waals surface area contributed by atoms with Crippen molar-refractivity contribution in [1.82, 2.24) is 5.32 Å². The summed E-state index contributed by atoms with van der Waals surface area (Å²) in [5.41, 5.74) is 6.21. The number of nitrogen functional groups attached to an aromatic ring is 1. The van der Waals surface area contributed by atoms with Crippen LogP contribution in [0, 0.1) is 12.7 Å². The highest BCUT2D eigenvalue weighted by molar-refractivity contribution is 9.11. The molecule has 0 radical (unpaired) electrons. The van der Waals surface area contributed by atoms with Crippen LogP contribution in [0.2, 0.25) is 0 Å². The molecule has 0 aliphatic heterocycles. The zero-order valence-electron chi connectivity index (χ0n) is 8.81. The van der Waals surface area contributed by atoms with E-state index in [1.807, 2.05) is 0 Å². The normalized spacial score (nSPS) is 9.94. The van der Waals surface area contributed by atoms with E-state index in [4.69, 9.17) is 5.73 Å². The third-order valence-corrected chi connectivity index (χ3v) is 2.24. The van der Waals surface area contributed by atoms with E-state index < -0.39 is 11.7 Å². The van der Waals surface area contributed by atoms with Gasteiger partial charge in [-0.05, 0) is 24.6 Å². The first kappa shape index (κ1) is 12.7. The fraction of sp³-hybridized carbons (Fsp3) is 0.182. The molecule has 0 fully saturated rings. The van der Waals surface area contributed by atoms with E-state index in [0.717, 1.165) is 0 Å². The fourth-order valence-corrected chi connectivity index (χ4v) is 1.37. The molecule has 1 rings (SSSR count). The SMILES string of the molecule is C=C(Br)CNC(=O)c1cc(N)cc(C)c1F. The quantitative estimate of drug-likeness (QED) is 0.838. The minimum absolute atomic E-state index is 0.0498. The van der Waals surface area contributed by atoms with E-state index >= 15 is 0 Å². The van der Waals surface area contributed by atoms with Crippen LogP contribution < -0.4 is 11.1 Å². The van der Waals surface area contributed by atoms with Crippen LogP contribution in [0.15, 0.2) is 23.2 Å². The van der Waals surface area contributed by atoms with E-state index in [1.165, 1.54) is 12.1 Å². The number of amides is 1. The number of aryl methyl sites for hydroxylation is 1. The van der Waals surface area contributed by atoms with Crippen LogP contribution in [0.25, 0.3) is 0 Å². The summed E-state index contributed by atoms with van der Waals surface area (Å²) in [4.78, 5) is 11.6. The van der Waals surface area contributed by atoms with Gasteiger partial charge >= 0.3 is 0 Å². The lowest BCUT2D eigenvalue weighted by Gasteiger charge is -2.08. The molecule has 1 amide bonds. The summed E-state index contributed by atoms with van der Waals surface area (Å²) < 4.78 is 14.2. The van der Waals surface area contributed by atoms with E-state index in [1.54, 1.807) is 6.92 Å². The summed E-state index contributed by atoms with van der Waals surface area (Å²) in [5, 5.41) is 2.51. The molecule has 3 nitrogen and oxygen atoms in total. The summed E-state index contributed by atoms with van der Waals surface area (Å²) in [6.07, 6.45) is 0. The molecule has 0 atom stereocenters. The first-order valence-corrected chi connectivity index (χ1v) is 5.38. The van der Waals surface area contributed by atoms with Crippen molar-refractivity contribution in [3.63, 3.8) is 0 Å². The van der Waals surface area contributed by atoms with Crippen LogP contribution in [0.3, 0.4) is 0 Å². The molecule has 0 bridgehead atoms. The largest absolute Gasteiger partial charge is 0.399 e. The van der Waals surface area contributed by atoms with Gasteiger partial charge in [0.15, 0.2) is 0 Å². The monoisotopic (exact) mass is 286 g/mol. The first-order valence-electron chi connectivity index (χ1n) is 4.59. The lowest BCUT2D eigenvalue weighted by molar-refractivity contribution is 0.0953. The maximum absolute atomic E-state index is 13.6. The summed E-state index contributed by atoms with van der Waals surface area (Å²) in [6, 6.07) is 2.80. The molecular formula is C11H12BrFN2O. The third-order valence-electron chi connectivity index (χ3n) is 1.96. The maximum Gasteiger partial charge on any atom is 0.254 e. The van der Waals surface area contributed by atoms with Gasteiger partial charge in [-0.25, -0.2) is 4.39 Å². The highest BCUT2D eigenvalue weighted by Crippen LogP contribution is 2.17. The predicted molar refractivity (Wildman–Crippen MR) is 65.9 cm³/mol. The minimum Gasteiger partial charge on any atom is -0.399 e. The maximum atomic E-state index is 13.6. The van der Waals surface area contributed by atoms with Gasteiger partial charge in [-0.15, -0.1) is 0 Å². The predicted octanol–water partition coefficient (Wildman–Crippen LogP) is 2.35. The van der Waals surface area contributed by atoms with Crippen molar-refractivity contribution in [2.45, 2.75) is 6.92 Å². The Bertz CT molecular complexity index is 446. The minimum atomic E-state index is -0.549. The van der Waals surface area contributed by atoms with Gasteiger partial charge in [-0.2, -0.15) is 0 Å². The zero-order valence-corrected chi connectivity index (χ0v) is 10.4. The topological polar surface area (TPSA) is 55.1 Å². The summed E-state index contributed by atoms with van der Waals surface area (Å²) in [7, 11) is 0. The number of rotatable bonds is 3. The Balaban J connectivity index is 2.95. The summed E-state index contributed by atoms with van der Waals surface area (Å²) in [6.45, 7) is 5.37. The van der Waals surface area contributed by atoms with Crippen molar-refractivity contribution in [3.05, 3.63) is 40.1 Å². The number of benzene rings is 1. The Kier molecular flexibility index (Phi) is 4.06. The number of anilines is 1. The van der Waals surface area contributed by atoms with E-state index in [2.05, 4.69) is 27.8 Å². The number of hydrogen-bond acceptors (Lipinski definition) is 2. The van der Waals surface area contributed by atoms with Gasteiger partial charge in [-0.3, -0.25) is 4.79 Å². The van der Waals surface area contributed by atoms with Crippen LogP contribution in [-0.4, -0.2) is 12.5 Å². The molecule has 5 heteroatoms. The van der Waals surface area contributed by atoms with Crippen LogP contribution in [-0.2, 0) is 0 Å². The number of nitrogens with two attached hydrogens (primary N) is 1. The van der Waals surface area contributed by atoms with Crippen molar-refractivity contribution in [1.29, 1.82) is 0 Å². The molecule has 0 aromatic heterocycles. The molecular weight excluding hydrogens is 275 g/mol. The van der Waals surface area contributed by atoms with Gasteiger partial charge in [0.05, 0.1) is 5.56 Å². The molecule has 0 aliphatic carbocycles. The molecule has 0 spiro atoms. The smallest absolute Gasteiger partial charge is 0.254 e. The standard InChI is InChI=1S/C11H12BrFN2O/c1-6-3-8(14)4-9(10(6)13)11(16)15-5-7(2)12/h3-4H,2,5,14H2,1H3,(H,15,16). The molecule has 1 aromatic carbocycles. The van der Waals surface area contributed by atoms with Gasteiger partial charge in [-0.1, -0.05) is 22.5 Å². The molecule has 0 saturated carbocycles. The van der Waals surface area contributed by atoms with E-state index in [-0.39, 0.29) is 12.1 Å². The Hall–Kier alpha value is -1.36. The van der Waals surface area contributed by atoms with E-state index in [0.29, 0.717) is 15.7 Å². The molecule has 1 aromatic rings. The van der Waals surface area contributed by atoms with Gasteiger partial charge in [0, 0.05) is 16.7 Å². The number of halogens is 2. The van der Waals surface area contributed by atoms with Crippen molar-refractivity contribution >= 4 is 27.5 Å². The molecule has 0 unspecified atom stereocenters. The lowest BCUT2D eigenvalue weighted by atomic mass is 10.1. The lowest BCUT2D eigenvalue weighted by Crippen LogP contribution is -2.25. The fourth-order valence-electron chi connectivity index (χ4n) is 1.23. The second-order valence-electron chi connectivity index (χ2n) is 3.40. The van der Waals surface area contributed by atoms with Crippen molar-refractivity contribution in [2.75, 3.05) is 12.3 Å². The number of hydrogen-bond donors (Lipinski definition) is 2. The molecule has 3 N–H and O–H groups in total. The van der Waals surface area contributed by atoms with Crippen molar-refractivity contribution in [3.8, 4) is 0 Å². The average molecular weight is 287 g/mol. The van der Waals surface area contributed by atoms with Gasteiger partial charge in [0.1, 0.15) is 5.82 Å². The molecule has 0 heterocycles. The molecule has 0 aliphatic rings. The van der Waals surface area contributed by atoms with E-state index in [9.17, 15) is 9.18 Å². The molecule has 0 saturated heterocycles.